The molecular weight excluding hydrogens is 490 g/mol. The molecule has 36 heavy (non-hydrogen) atoms. The van der Waals surface area contributed by atoms with Crippen LogP contribution in [0.15, 0.2) is 90.0 Å². The van der Waals surface area contributed by atoms with Crippen LogP contribution in [0.3, 0.4) is 0 Å². The van der Waals surface area contributed by atoms with E-state index in [1.807, 2.05) is 83.7 Å². The number of aromatic nitrogens is 2. The summed E-state index contributed by atoms with van der Waals surface area (Å²) in [5.74, 6) is 0.866. The Hall–Kier alpha value is -3.88. The van der Waals surface area contributed by atoms with E-state index in [0.29, 0.717) is 22.2 Å². The average molecular weight is 514 g/mol. The third kappa shape index (κ3) is 5.05. The minimum absolute atomic E-state index is 0.114. The van der Waals surface area contributed by atoms with Crippen molar-refractivity contribution < 1.29 is 14.6 Å². The number of hydrogen-bond donors (Lipinski definition) is 1. The summed E-state index contributed by atoms with van der Waals surface area (Å²) in [5, 5.41) is 14.3. The molecule has 0 atom stereocenters. The number of benzene rings is 3. The van der Waals surface area contributed by atoms with Crippen LogP contribution in [0.5, 0.6) is 11.5 Å². The summed E-state index contributed by atoms with van der Waals surface area (Å²) < 4.78 is 7.65. The Bertz CT molecular complexity index is 1430. The highest BCUT2D eigenvalue weighted by Crippen LogP contribution is 2.35. The monoisotopic (exact) mass is 513 g/mol. The zero-order valence-electron chi connectivity index (χ0n) is 19.5. The Kier molecular flexibility index (Phi) is 6.88. The number of carbonyl (C=O) groups excluding carboxylic acids is 1. The number of nitrogens with zero attached hydrogens (tertiary/aromatic N) is 3. The molecule has 1 amide bonds. The number of phenolic OH excluding ortho intramolecular Hbond substituents is 1. The molecule has 1 saturated heterocycles. The van der Waals surface area contributed by atoms with E-state index < -0.39 is 0 Å². The summed E-state index contributed by atoms with van der Waals surface area (Å²) in [6.07, 6.45) is 4.44. The van der Waals surface area contributed by atoms with E-state index in [1.54, 1.807) is 24.1 Å². The zero-order valence-corrected chi connectivity index (χ0v) is 21.1. The molecule has 6 nitrogen and oxygen atoms in total. The second-order valence-corrected chi connectivity index (χ2v) is 9.87. The average Bonchev–Trinajstić information content (AvgIpc) is 3.45. The number of phenols is 1. The molecule has 0 spiro atoms. The summed E-state index contributed by atoms with van der Waals surface area (Å²) >= 11 is 6.84. The van der Waals surface area contributed by atoms with Crippen LogP contribution in [-0.2, 0) is 11.2 Å². The molecule has 1 fully saturated rings. The Labute approximate surface area is 218 Å². The molecule has 5 rings (SSSR count). The maximum absolute atomic E-state index is 13.3. The van der Waals surface area contributed by atoms with Crippen molar-refractivity contribution in [1.82, 2.24) is 14.7 Å². The normalized spacial score (nSPS) is 14.6. The quantitative estimate of drug-likeness (QED) is 0.253. The third-order valence-electron chi connectivity index (χ3n) is 5.85. The van der Waals surface area contributed by atoms with Crippen LogP contribution in [0.1, 0.15) is 11.1 Å². The SMILES string of the molecule is COc1ccc(-c2nn(-c3ccccc3)cc2/C=C2\SC(=S)N(CCc3ccc(O)cc3)C2=O)cc1. The number of ether oxygens (including phenoxy) is 1. The zero-order chi connectivity index (χ0) is 25.1. The molecule has 2 heterocycles. The first kappa shape index (κ1) is 23.8. The molecule has 0 bridgehead atoms. The van der Waals surface area contributed by atoms with Crippen LogP contribution in [-0.4, -0.2) is 43.7 Å². The van der Waals surface area contributed by atoms with Crippen molar-refractivity contribution in [2.45, 2.75) is 6.42 Å². The van der Waals surface area contributed by atoms with Crippen molar-refractivity contribution >= 4 is 40.3 Å². The first-order chi connectivity index (χ1) is 17.5. The molecule has 4 aromatic rings. The molecule has 1 aromatic heterocycles. The maximum Gasteiger partial charge on any atom is 0.266 e. The summed E-state index contributed by atoms with van der Waals surface area (Å²) in [5.41, 5.74) is 4.45. The second kappa shape index (κ2) is 10.4. The van der Waals surface area contributed by atoms with E-state index in [2.05, 4.69) is 0 Å². The van der Waals surface area contributed by atoms with Gasteiger partial charge in [0.15, 0.2) is 0 Å². The van der Waals surface area contributed by atoms with E-state index in [-0.39, 0.29) is 11.7 Å². The van der Waals surface area contributed by atoms with Crippen LogP contribution in [0.25, 0.3) is 23.0 Å². The van der Waals surface area contributed by atoms with Crippen molar-refractivity contribution in [3.05, 3.63) is 101 Å². The highest BCUT2D eigenvalue weighted by Gasteiger charge is 2.32. The van der Waals surface area contributed by atoms with Crippen LogP contribution >= 0.6 is 24.0 Å². The molecule has 180 valence electrons. The lowest BCUT2D eigenvalue weighted by Gasteiger charge is -2.14. The predicted octanol–water partition coefficient (Wildman–Crippen LogP) is 5.70. The lowest BCUT2D eigenvalue weighted by molar-refractivity contribution is -0.122. The summed E-state index contributed by atoms with van der Waals surface area (Å²) in [6, 6.07) is 24.5. The van der Waals surface area contributed by atoms with Gasteiger partial charge in [0, 0.05) is 23.9 Å². The van der Waals surface area contributed by atoms with Gasteiger partial charge in [-0.1, -0.05) is 54.3 Å². The van der Waals surface area contributed by atoms with Crippen molar-refractivity contribution in [1.29, 1.82) is 0 Å². The minimum atomic E-state index is -0.114. The number of methoxy groups -OCH3 is 1. The van der Waals surface area contributed by atoms with Crippen LogP contribution in [0.4, 0.5) is 0 Å². The van der Waals surface area contributed by atoms with E-state index >= 15 is 0 Å². The standard InChI is InChI=1S/C28H23N3O3S2/c1-34-24-13-9-20(10-14-24)26-21(18-31(29-26)22-5-3-2-4-6-22)17-25-27(33)30(28(35)36-25)16-15-19-7-11-23(32)12-8-19/h2-14,17-18,32H,15-16H2,1H3/b25-17-. The summed E-state index contributed by atoms with van der Waals surface area (Å²) in [6.45, 7) is 0.474. The molecular formula is C28H23N3O3S2. The molecule has 3 aromatic carbocycles. The van der Waals surface area contributed by atoms with Crippen LogP contribution < -0.4 is 4.74 Å². The number of amides is 1. The van der Waals surface area contributed by atoms with E-state index in [1.165, 1.54) is 11.8 Å². The van der Waals surface area contributed by atoms with E-state index in [4.69, 9.17) is 22.1 Å². The van der Waals surface area contributed by atoms with Gasteiger partial charge in [-0.25, -0.2) is 4.68 Å². The van der Waals surface area contributed by atoms with E-state index in [0.717, 1.165) is 33.8 Å². The molecule has 1 aliphatic heterocycles. The fraction of sp³-hybridized carbons (Fsp3) is 0.107. The number of aromatic hydroxyl groups is 1. The summed E-state index contributed by atoms with van der Waals surface area (Å²) in [4.78, 5) is 15.5. The van der Waals surface area contributed by atoms with Gasteiger partial charge >= 0.3 is 0 Å². The molecule has 0 saturated carbocycles. The first-order valence-electron chi connectivity index (χ1n) is 11.3. The molecule has 0 aliphatic carbocycles. The third-order valence-corrected chi connectivity index (χ3v) is 7.23. The van der Waals surface area contributed by atoms with Crippen molar-refractivity contribution in [2.24, 2.45) is 0 Å². The number of para-hydroxylation sites is 1. The lowest BCUT2D eigenvalue weighted by atomic mass is 10.1. The molecule has 0 unspecified atom stereocenters. The summed E-state index contributed by atoms with van der Waals surface area (Å²) in [7, 11) is 1.63. The Morgan fingerprint density at radius 3 is 2.44 bits per heavy atom. The largest absolute Gasteiger partial charge is 0.508 e. The fourth-order valence-corrected chi connectivity index (χ4v) is 5.22. The number of hydrogen-bond acceptors (Lipinski definition) is 6. The van der Waals surface area contributed by atoms with Gasteiger partial charge in [0.2, 0.25) is 0 Å². The van der Waals surface area contributed by atoms with Crippen molar-refractivity contribution in [2.75, 3.05) is 13.7 Å². The number of thioether (sulfide) groups is 1. The smallest absolute Gasteiger partial charge is 0.266 e. The number of thiocarbonyl (C=S) groups is 1. The maximum atomic E-state index is 13.3. The van der Waals surface area contributed by atoms with Gasteiger partial charge in [0.05, 0.1) is 23.4 Å². The predicted molar refractivity (Wildman–Crippen MR) is 147 cm³/mol. The van der Waals surface area contributed by atoms with Gasteiger partial charge in [-0.2, -0.15) is 5.10 Å². The van der Waals surface area contributed by atoms with Gasteiger partial charge in [-0.15, -0.1) is 0 Å². The van der Waals surface area contributed by atoms with Crippen LogP contribution in [0.2, 0.25) is 0 Å². The van der Waals surface area contributed by atoms with Gasteiger partial charge < -0.3 is 9.84 Å². The minimum Gasteiger partial charge on any atom is -0.508 e. The van der Waals surface area contributed by atoms with Gasteiger partial charge in [-0.3, -0.25) is 9.69 Å². The van der Waals surface area contributed by atoms with Gasteiger partial charge in [0.25, 0.3) is 5.91 Å². The fourth-order valence-electron chi connectivity index (χ4n) is 3.92. The van der Waals surface area contributed by atoms with Gasteiger partial charge in [-0.05, 0) is 66.6 Å². The molecule has 0 radical (unpaired) electrons. The van der Waals surface area contributed by atoms with Crippen molar-refractivity contribution in [3.8, 4) is 28.4 Å². The highest BCUT2D eigenvalue weighted by atomic mass is 32.2. The van der Waals surface area contributed by atoms with Crippen molar-refractivity contribution in [3.63, 3.8) is 0 Å². The number of rotatable bonds is 7. The topological polar surface area (TPSA) is 67.6 Å². The van der Waals surface area contributed by atoms with E-state index in [9.17, 15) is 9.90 Å². The Morgan fingerprint density at radius 1 is 1.03 bits per heavy atom. The Morgan fingerprint density at radius 2 is 1.75 bits per heavy atom. The molecule has 1 N–H and O–H groups in total. The molecule has 1 aliphatic rings. The number of carbonyl (C=O) groups is 1. The first-order valence-corrected chi connectivity index (χ1v) is 12.6. The highest BCUT2D eigenvalue weighted by molar-refractivity contribution is 8.26. The second-order valence-electron chi connectivity index (χ2n) is 8.19. The lowest BCUT2D eigenvalue weighted by Crippen LogP contribution is -2.30. The molecule has 8 heteroatoms. The van der Waals surface area contributed by atoms with Crippen LogP contribution in [0, 0.1) is 0 Å². The Balaban J connectivity index is 1.45. The van der Waals surface area contributed by atoms with Gasteiger partial charge in [0.1, 0.15) is 15.8 Å².